The van der Waals surface area contributed by atoms with E-state index in [4.69, 9.17) is 4.74 Å². The first-order valence-electron chi connectivity index (χ1n) is 9.86. The number of benzene rings is 2. The summed E-state index contributed by atoms with van der Waals surface area (Å²) in [6.45, 7) is 4.18. The van der Waals surface area contributed by atoms with Gasteiger partial charge in [0.25, 0.3) is 0 Å². The first-order valence-corrected chi connectivity index (χ1v) is 10.7. The highest BCUT2D eigenvalue weighted by Gasteiger charge is 2.15. The summed E-state index contributed by atoms with van der Waals surface area (Å²) in [5.41, 5.74) is 2.01. The average Bonchev–Trinajstić information content (AvgIpc) is 2.74. The van der Waals surface area contributed by atoms with Crippen molar-refractivity contribution in [3.05, 3.63) is 54.1 Å². The number of thioether (sulfide) groups is 1. The average molecular weight is 540 g/mol. The Bertz CT molecular complexity index is 848. The summed E-state index contributed by atoms with van der Waals surface area (Å²) in [6.07, 6.45) is 1.29. The highest BCUT2D eigenvalue weighted by molar-refractivity contribution is 14.0. The maximum absolute atomic E-state index is 11.4. The van der Waals surface area contributed by atoms with Crippen LogP contribution in [0.5, 0.6) is 5.75 Å². The van der Waals surface area contributed by atoms with Crippen molar-refractivity contribution in [1.29, 1.82) is 0 Å². The third-order valence-electron chi connectivity index (χ3n) is 4.50. The molecule has 2 aromatic carbocycles. The molecule has 2 aromatic rings. The van der Waals surface area contributed by atoms with Crippen molar-refractivity contribution >= 4 is 53.3 Å². The Morgan fingerprint density at radius 1 is 1.20 bits per heavy atom. The zero-order chi connectivity index (χ0) is 20.5. The molecule has 162 valence electrons. The van der Waals surface area contributed by atoms with Gasteiger partial charge in [-0.1, -0.05) is 25.1 Å². The summed E-state index contributed by atoms with van der Waals surface area (Å²) in [5.74, 6) is 1.66. The van der Waals surface area contributed by atoms with Crippen molar-refractivity contribution in [3.63, 3.8) is 0 Å². The number of anilines is 1. The number of guanidine groups is 1. The summed E-state index contributed by atoms with van der Waals surface area (Å²) in [7, 11) is 1.77. The third-order valence-corrected chi connectivity index (χ3v) is 5.61. The lowest BCUT2D eigenvalue weighted by molar-refractivity contribution is -0.116. The minimum atomic E-state index is 0. The molecule has 0 fully saturated rings. The molecule has 1 heterocycles. The van der Waals surface area contributed by atoms with Crippen LogP contribution in [0.1, 0.15) is 18.9 Å². The number of aliphatic imine (C=N–C) groups is 1. The highest BCUT2D eigenvalue weighted by atomic mass is 127. The van der Waals surface area contributed by atoms with Crippen molar-refractivity contribution in [2.75, 3.05) is 32.1 Å². The second-order valence-electron chi connectivity index (χ2n) is 6.84. The Balaban J connectivity index is 0.00000320. The number of carbonyl (C=O) groups excluding carboxylic acids is 1. The summed E-state index contributed by atoms with van der Waals surface area (Å²) >= 11 is 1.84. The van der Waals surface area contributed by atoms with Crippen LogP contribution in [0.4, 0.5) is 5.69 Å². The Kier molecular flexibility index (Phi) is 10.3. The van der Waals surface area contributed by atoms with E-state index in [9.17, 15) is 4.79 Å². The molecular weight excluding hydrogens is 511 g/mol. The van der Waals surface area contributed by atoms with Crippen LogP contribution in [-0.4, -0.2) is 43.9 Å². The molecule has 1 unspecified atom stereocenters. The zero-order valence-electron chi connectivity index (χ0n) is 17.3. The molecule has 1 aliphatic rings. The van der Waals surface area contributed by atoms with Gasteiger partial charge in [-0.2, -0.15) is 0 Å². The normalized spacial score (nSPS) is 14.1. The maximum atomic E-state index is 11.4. The van der Waals surface area contributed by atoms with Crippen LogP contribution in [0.25, 0.3) is 0 Å². The van der Waals surface area contributed by atoms with Crippen LogP contribution in [-0.2, 0) is 11.2 Å². The van der Waals surface area contributed by atoms with E-state index in [0.29, 0.717) is 24.8 Å². The van der Waals surface area contributed by atoms with Gasteiger partial charge >= 0.3 is 0 Å². The molecule has 0 bridgehead atoms. The van der Waals surface area contributed by atoms with Gasteiger partial charge in [-0.15, -0.1) is 35.7 Å². The monoisotopic (exact) mass is 540 g/mol. The summed E-state index contributed by atoms with van der Waals surface area (Å²) < 4.78 is 5.84. The topological polar surface area (TPSA) is 74.8 Å². The molecule has 0 saturated carbocycles. The number of nitrogens with zero attached hydrogens (tertiary/aromatic N) is 1. The number of carbonyl (C=O) groups is 1. The van der Waals surface area contributed by atoms with Crippen molar-refractivity contribution in [2.45, 2.75) is 29.9 Å². The second kappa shape index (κ2) is 12.7. The van der Waals surface area contributed by atoms with Crippen LogP contribution >= 0.6 is 35.7 Å². The first-order chi connectivity index (χ1) is 14.1. The summed E-state index contributed by atoms with van der Waals surface area (Å²) in [5, 5.41) is 9.93. The van der Waals surface area contributed by atoms with Gasteiger partial charge in [0.05, 0.1) is 6.54 Å². The van der Waals surface area contributed by atoms with Gasteiger partial charge in [-0.25, -0.2) is 0 Å². The van der Waals surface area contributed by atoms with Crippen LogP contribution in [0, 0.1) is 0 Å². The molecule has 1 atom stereocenters. The quantitative estimate of drug-likeness (QED) is 0.156. The van der Waals surface area contributed by atoms with Gasteiger partial charge in [0.15, 0.2) is 5.96 Å². The Hall–Kier alpha value is -1.94. The smallest absolute Gasteiger partial charge is 0.224 e. The van der Waals surface area contributed by atoms with E-state index < -0.39 is 0 Å². The highest BCUT2D eigenvalue weighted by Crippen LogP contribution is 2.26. The Morgan fingerprint density at radius 3 is 2.77 bits per heavy atom. The summed E-state index contributed by atoms with van der Waals surface area (Å²) in [4.78, 5) is 17.0. The fourth-order valence-corrected chi connectivity index (χ4v) is 3.97. The Morgan fingerprint density at radius 2 is 2.00 bits per heavy atom. The van der Waals surface area contributed by atoms with E-state index in [1.807, 2.05) is 36.0 Å². The predicted molar refractivity (Wildman–Crippen MR) is 135 cm³/mol. The standard InChI is InChI=1S/C22H28N4O2S.HI/c1-16(29-19-6-4-3-5-7-19)15-25-22(23-2)24-12-13-28-18-9-10-20-17(14-18)8-11-21(27)26-20;/h3-7,9-10,14,16H,8,11-13,15H2,1-2H3,(H,26,27)(H2,23,24,25);1H. The molecule has 0 saturated heterocycles. The van der Waals surface area contributed by atoms with Crippen LogP contribution < -0.4 is 20.7 Å². The van der Waals surface area contributed by atoms with Crippen molar-refractivity contribution < 1.29 is 9.53 Å². The molecule has 0 radical (unpaired) electrons. The van der Waals surface area contributed by atoms with Gasteiger partial charge in [0, 0.05) is 35.8 Å². The lowest BCUT2D eigenvalue weighted by atomic mass is 10.0. The van der Waals surface area contributed by atoms with Crippen molar-refractivity contribution in [2.24, 2.45) is 4.99 Å². The van der Waals surface area contributed by atoms with Crippen LogP contribution in [0.2, 0.25) is 0 Å². The zero-order valence-corrected chi connectivity index (χ0v) is 20.5. The second-order valence-corrected chi connectivity index (χ2v) is 8.35. The van der Waals surface area contributed by atoms with E-state index in [-0.39, 0.29) is 29.9 Å². The van der Waals surface area contributed by atoms with Gasteiger partial charge in [0.1, 0.15) is 12.4 Å². The molecule has 0 aliphatic carbocycles. The number of rotatable bonds is 8. The Labute approximate surface area is 199 Å². The fraction of sp³-hybridized carbons (Fsp3) is 0.364. The molecule has 0 aromatic heterocycles. The largest absolute Gasteiger partial charge is 0.492 e. The molecule has 0 spiro atoms. The number of hydrogen-bond acceptors (Lipinski definition) is 4. The van der Waals surface area contributed by atoms with Crippen LogP contribution in [0.3, 0.4) is 0 Å². The molecular formula is C22H29IN4O2S. The van der Waals surface area contributed by atoms with Gasteiger partial charge in [-0.05, 0) is 42.3 Å². The van der Waals surface area contributed by atoms with Gasteiger partial charge in [-0.3, -0.25) is 9.79 Å². The van der Waals surface area contributed by atoms with Gasteiger partial charge in [0.2, 0.25) is 5.91 Å². The van der Waals surface area contributed by atoms with E-state index in [1.165, 1.54) is 4.90 Å². The number of nitrogens with one attached hydrogen (secondary N) is 3. The molecule has 1 amide bonds. The lowest BCUT2D eigenvalue weighted by Gasteiger charge is -2.18. The van der Waals surface area contributed by atoms with Gasteiger partial charge < -0.3 is 20.7 Å². The first kappa shape index (κ1) is 24.3. The molecule has 3 rings (SSSR count). The van der Waals surface area contributed by atoms with E-state index in [2.05, 4.69) is 52.1 Å². The minimum absolute atomic E-state index is 0. The molecule has 6 nitrogen and oxygen atoms in total. The van der Waals surface area contributed by atoms with E-state index >= 15 is 0 Å². The number of ether oxygens (including phenoxy) is 1. The molecule has 30 heavy (non-hydrogen) atoms. The number of hydrogen-bond donors (Lipinski definition) is 3. The molecule has 3 N–H and O–H groups in total. The number of amides is 1. The molecule has 8 heteroatoms. The number of halogens is 1. The fourth-order valence-electron chi connectivity index (χ4n) is 3.02. The molecule has 1 aliphatic heterocycles. The minimum Gasteiger partial charge on any atom is -0.492 e. The van der Waals surface area contributed by atoms with Crippen molar-refractivity contribution in [1.82, 2.24) is 10.6 Å². The third kappa shape index (κ3) is 7.71. The van der Waals surface area contributed by atoms with Crippen molar-refractivity contribution in [3.8, 4) is 5.75 Å². The van der Waals surface area contributed by atoms with E-state index in [1.54, 1.807) is 7.05 Å². The maximum Gasteiger partial charge on any atom is 0.224 e. The predicted octanol–water partition coefficient (Wildman–Crippen LogP) is 3.91. The van der Waals surface area contributed by atoms with Crippen LogP contribution in [0.15, 0.2) is 58.4 Å². The number of fused-ring (bicyclic) bond motifs is 1. The lowest BCUT2D eigenvalue weighted by Crippen LogP contribution is -2.41. The van der Waals surface area contributed by atoms with E-state index in [0.717, 1.165) is 35.9 Å². The number of aryl methyl sites for hydroxylation is 1. The SMILES string of the molecule is CN=C(NCCOc1ccc2c(c1)CCC(=O)N2)NCC(C)Sc1ccccc1.I. The summed E-state index contributed by atoms with van der Waals surface area (Å²) in [6, 6.07) is 16.2.